The van der Waals surface area contributed by atoms with Crippen LogP contribution in [-0.2, 0) is 11.2 Å². The summed E-state index contributed by atoms with van der Waals surface area (Å²) in [6, 6.07) is 9.78. The second-order valence-electron chi connectivity index (χ2n) is 4.81. The maximum Gasteiger partial charge on any atom is 0.311 e. The number of hydrogen-bond acceptors (Lipinski definition) is 2. The normalized spacial score (nSPS) is 12.1. The fourth-order valence-corrected chi connectivity index (χ4v) is 2.17. The van der Waals surface area contributed by atoms with Crippen molar-refractivity contribution >= 4 is 5.97 Å². The van der Waals surface area contributed by atoms with Crippen molar-refractivity contribution in [3.63, 3.8) is 0 Å². The van der Waals surface area contributed by atoms with Gasteiger partial charge >= 0.3 is 5.97 Å². The Morgan fingerprint density at radius 3 is 2.47 bits per heavy atom. The Labute approximate surface area is 112 Å². The first-order valence-corrected chi connectivity index (χ1v) is 6.27. The highest BCUT2D eigenvalue weighted by molar-refractivity contribution is 5.77. The summed E-state index contributed by atoms with van der Waals surface area (Å²) >= 11 is 0. The van der Waals surface area contributed by atoms with Crippen LogP contribution in [0.2, 0.25) is 0 Å². The van der Waals surface area contributed by atoms with Crippen molar-refractivity contribution in [2.24, 2.45) is 0 Å². The average Bonchev–Trinajstić information content (AvgIpc) is 2.39. The van der Waals surface area contributed by atoms with Crippen molar-refractivity contribution in [1.82, 2.24) is 4.98 Å². The highest BCUT2D eigenvalue weighted by Gasteiger charge is 2.21. The molecular weight excluding hydrogens is 238 g/mol. The first-order valence-electron chi connectivity index (χ1n) is 6.27. The number of hydrogen-bond donors (Lipinski definition) is 1. The van der Waals surface area contributed by atoms with E-state index in [1.807, 2.05) is 38.1 Å². The number of aryl methyl sites for hydroxylation is 2. The summed E-state index contributed by atoms with van der Waals surface area (Å²) in [5, 5.41) is 9.45. The molecule has 98 valence electrons. The minimum atomic E-state index is -0.796. The quantitative estimate of drug-likeness (QED) is 0.913. The van der Waals surface area contributed by atoms with Gasteiger partial charge in [-0.3, -0.25) is 9.78 Å². The molecule has 1 aromatic carbocycles. The molecule has 1 atom stereocenters. The monoisotopic (exact) mass is 255 g/mol. The summed E-state index contributed by atoms with van der Waals surface area (Å²) < 4.78 is 0. The van der Waals surface area contributed by atoms with Crippen molar-refractivity contribution in [2.45, 2.75) is 26.2 Å². The molecule has 1 aromatic heterocycles. The molecule has 1 heterocycles. The Morgan fingerprint density at radius 2 is 1.89 bits per heavy atom. The molecule has 3 nitrogen and oxygen atoms in total. The lowest BCUT2D eigenvalue weighted by Gasteiger charge is -2.15. The summed E-state index contributed by atoms with van der Waals surface area (Å²) in [6.07, 6.45) is 3.86. The van der Waals surface area contributed by atoms with Gasteiger partial charge in [-0.2, -0.15) is 0 Å². The maximum atomic E-state index is 11.5. The molecule has 2 aromatic rings. The molecule has 0 radical (unpaired) electrons. The fourth-order valence-electron chi connectivity index (χ4n) is 2.17. The number of pyridine rings is 1. The van der Waals surface area contributed by atoms with E-state index in [-0.39, 0.29) is 0 Å². The van der Waals surface area contributed by atoms with Gasteiger partial charge in [0.2, 0.25) is 0 Å². The molecular formula is C16H17NO2. The third kappa shape index (κ3) is 3.19. The van der Waals surface area contributed by atoms with E-state index in [1.54, 1.807) is 18.5 Å². The number of nitrogens with zero attached hydrogens (tertiary/aromatic N) is 1. The van der Waals surface area contributed by atoms with E-state index in [2.05, 4.69) is 4.98 Å². The molecule has 0 aliphatic carbocycles. The summed E-state index contributed by atoms with van der Waals surface area (Å²) in [5.74, 6) is -1.32. The predicted molar refractivity (Wildman–Crippen MR) is 74.2 cm³/mol. The van der Waals surface area contributed by atoms with Crippen molar-refractivity contribution in [1.29, 1.82) is 0 Å². The van der Waals surface area contributed by atoms with Gasteiger partial charge in [-0.05, 0) is 43.0 Å². The smallest absolute Gasteiger partial charge is 0.311 e. The van der Waals surface area contributed by atoms with Gasteiger partial charge in [-0.1, -0.05) is 29.8 Å². The molecule has 0 saturated heterocycles. The van der Waals surface area contributed by atoms with Crippen LogP contribution in [0.1, 0.15) is 28.2 Å². The van der Waals surface area contributed by atoms with Gasteiger partial charge in [-0.15, -0.1) is 0 Å². The minimum Gasteiger partial charge on any atom is -0.481 e. The van der Waals surface area contributed by atoms with Crippen molar-refractivity contribution in [3.05, 3.63) is 65.0 Å². The van der Waals surface area contributed by atoms with Gasteiger partial charge in [0.1, 0.15) is 0 Å². The van der Waals surface area contributed by atoms with E-state index >= 15 is 0 Å². The first kappa shape index (κ1) is 13.3. The zero-order chi connectivity index (χ0) is 13.8. The van der Waals surface area contributed by atoms with E-state index in [4.69, 9.17) is 0 Å². The number of aliphatic carboxylic acids is 1. The first-order chi connectivity index (χ1) is 9.08. The van der Waals surface area contributed by atoms with Crippen LogP contribution in [0.5, 0.6) is 0 Å². The Balaban J connectivity index is 2.29. The third-order valence-electron chi connectivity index (χ3n) is 3.30. The molecule has 3 heteroatoms. The summed E-state index contributed by atoms with van der Waals surface area (Å²) in [5.41, 5.74) is 3.97. The van der Waals surface area contributed by atoms with Gasteiger partial charge in [-0.25, -0.2) is 0 Å². The van der Waals surface area contributed by atoms with Gasteiger partial charge in [0.05, 0.1) is 5.92 Å². The lowest BCUT2D eigenvalue weighted by atomic mass is 9.90. The molecule has 1 N–H and O–H groups in total. The molecule has 0 spiro atoms. The summed E-state index contributed by atoms with van der Waals surface area (Å²) in [7, 11) is 0. The van der Waals surface area contributed by atoms with Crippen molar-refractivity contribution in [3.8, 4) is 0 Å². The van der Waals surface area contributed by atoms with Crippen LogP contribution in [0, 0.1) is 13.8 Å². The van der Waals surface area contributed by atoms with Crippen LogP contribution >= 0.6 is 0 Å². The maximum absolute atomic E-state index is 11.5. The number of aromatic nitrogens is 1. The zero-order valence-electron chi connectivity index (χ0n) is 11.1. The second-order valence-corrected chi connectivity index (χ2v) is 4.81. The van der Waals surface area contributed by atoms with Crippen LogP contribution < -0.4 is 0 Å². The molecule has 0 bridgehead atoms. The summed E-state index contributed by atoms with van der Waals surface area (Å²) in [6.45, 7) is 3.92. The topological polar surface area (TPSA) is 50.2 Å². The lowest BCUT2D eigenvalue weighted by molar-refractivity contribution is -0.138. The largest absolute Gasteiger partial charge is 0.481 e. The van der Waals surface area contributed by atoms with Crippen LogP contribution in [0.3, 0.4) is 0 Å². The Bertz CT molecular complexity index is 576. The Kier molecular flexibility index (Phi) is 3.95. The van der Waals surface area contributed by atoms with Crippen LogP contribution in [0.15, 0.2) is 42.7 Å². The van der Waals surface area contributed by atoms with Crippen molar-refractivity contribution < 1.29 is 9.90 Å². The standard InChI is InChI=1S/C16H17NO2/c1-11-3-5-13(6-4-11)9-15(16(18)19)14-7-8-17-10-12(14)2/h3-8,10,15H,9H2,1-2H3,(H,18,19). The van der Waals surface area contributed by atoms with E-state index in [0.717, 1.165) is 16.7 Å². The molecule has 0 aliphatic heterocycles. The molecule has 2 rings (SSSR count). The van der Waals surface area contributed by atoms with Gasteiger partial charge in [0, 0.05) is 12.4 Å². The minimum absolute atomic E-state index is 0.500. The van der Waals surface area contributed by atoms with Crippen molar-refractivity contribution in [2.75, 3.05) is 0 Å². The van der Waals surface area contributed by atoms with Gasteiger partial charge in [0.15, 0.2) is 0 Å². The number of carboxylic acid groups (broad SMARTS) is 1. The average molecular weight is 255 g/mol. The fraction of sp³-hybridized carbons (Fsp3) is 0.250. The van der Waals surface area contributed by atoms with Crippen LogP contribution in [0.25, 0.3) is 0 Å². The SMILES string of the molecule is Cc1ccc(CC(C(=O)O)c2ccncc2C)cc1. The van der Waals surface area contributed by atoms with Crippen LogP contribution in [0.4, 0.5) is 0 Å². The molecule has 0 saturated carbocycles. The molecule has 19 heavy (non-hydrogen) atoms. The molecule has 0 aliphatic rings. The van der Waals surface area contributed by atoms with Crippen LogP contribution in [-0.4, -0.2) is 16.1 Å². The number of benzene rings is 1. The molecule has 0 fully saturated rings. The number of carbonyl (C=O) groups is 1. The molecule has 0 amide bonds. The lowest BCUT2D eigenvalue weighted by Crippen LogP contribution is -2.15. The predicted octanol–water partition coefficient (Wildman–Crippen LogP) is 3.11. The highest BCUT2D eigenvalue weighted by Crippen LogP contribution is 2.24. The second kappa shape index (κ2) is 5.65. The number of rotatable bonds is 4. The molecule has 1 unspecified atom stereocenters. The van der Waals surface area contributed by atoms with E-state index in [0.29, 0.717) is 6.42 Å². The Hall–Kier alpha value is -2.16. The van der Waals surface area contributed by atoms with E-state index in [1.165, 1.54) is 5.56 Å². The summed E-state index contributed by atoms with van der Waals surface area (Å²) in [4.78, 5) is 15.5. The third-order valence-corrected chi connectivity index (χ3v) is 3.30. The number of carboxylic acids is 1. The van der Waals surface area contributed by atoms with E-state index in [9.17, 15) is 9.90 Å². The van der Waals surface area contributed by atoms with Gasteiger partial charge in [0.25, 0.3) is 0 Å². The van der Waals surface area contributed by atoms with Gasteiger partial charge < -0.3 is 5.11 Å². The van der Waals surface area contributed by atoms with E-state index < -0.39 is 11.9 Å². The zero-order valence-corrected chi connectivity index (χ0v) is 11.1. The Morgan fingerprint density at radius 1 is 1.21 bits per heavy atom. The highest BCUT2D eigenvalue weighted by atomic mass is 16.4.